The van der Waals surface area contributed by atoms with Crippen molar-refractivity contribution in [1.82, 2.24) is 25.1 Å². The molecule has 0 aliphatic carbocycles. The average Bonchev–Trinajstić information content (AvgIpc) is 2.93. The summed E-state index contributed by atoms with van der Waals surface area (Å²) < 4.78 is 1.63. The number of anilines is 1. The van der Waals surface area contributed by atoms with Gasteiger partial charge in [-0.15, -0.1) is 0 Å². The summed E-state index contributed by atoms with van der Waals surface area (Å²) in [5.74, 6) is 1.65. The Morgan fingerprint density at radius 1 is 1.35 bits per heavy atom. The largest absolute Gasteiger partial charge is 0.354 e. The van der Waals surface area contributed by atoms with Gasteiger partial charge in [-0.2, -0.15) is 5.10 Å². The van der Waals surface area contributed by atoms with Crippen LogP contribution in [0.1, 0.15) is 34.7 Å². The number of hydrogen-bond acceptors (Lipinski definition) is 5. The summed E-state index contributed by atoms with van der Waals surface area (Å²) in [7, 11) is 1.80. The van der Waals surface area contributed by atoms with E-state index in [0.717, 1.165) is 43.3 Å². The van der Waals surface area contributed by atoms with Gasteiger partial charge in [0.15, 0.2) is 0 Å². The lowest BCUT2D eigenvalue weighted by Crippen LogP contribution is -2.48. The highest BCUT2D eigenvalue weighted by molar-refractivity contribution is 5.93. The fraction of sp³-hybridized carbons (Fsp3) is 0.500. The van der Waals surface area contributed by atoms with E-state index in [-0.39, 0.29) is 11.9 Å². The van der Waals surface area contributed by atoms with Crippen molar-refractivity contribution < 1.29 is 4.79 Å². The SMILES string of the molecule is Cc1cc(N2CCCC(NC(=O)c3cnn(C)c3)C2)nc(C)n1. The van der Waals surface area contributed by atoms with Crippen LogP contribution in [0.3, 0.4) is 0 Å². The minimum Gasteiger partial charge on any atom is -0.354 e. The van der Waals surface area contributed by atoms with E-state index in [0.29, 0.717) is 5.56 Å². The molecular weight excluding hydrogens is 292 g/mol. The molecule has 0 saturated carbocycles. The number of carbonyl (C=O) groups excluding carboxylic acids is 1. The Kier molecular flexibility index (Phi) is 4.27. The van der Waals surface area contributed by atoms with Crippen molar-refractivity contribution in [1.29, 1.82) is 0 Å². The number of rotatable bonds is 3. The third-order valence-electron chi connectivity index (χ3n) is 4.00. The van der Waals surface area contributed by atoms with Crippen LogP contribution in [0.25, 0.3) is 0 Å². The maximum Gasteiger partial charge on any atom is 0.254 e. The fourth-order valence-electron chi connectivity index (χ4n) is 2.97. The number of carbonyl (C=O) groups is 1. The molecule has 1 N–H and O–H groups in total. The molecule has 1 saturated heterocycles. The van der Waals surface area contributed by atoms with Crippen LogP contribution in [0.2, 0.25) is 0 Å². The summed E-state index contributed by atoms with van der Waals surface area (Å²) in [6.45, 7) is 5.60. The predicted molar refractivity (Wildman–Crippen MR) is 87.4 cm³/mol. The first-order chi connectivity index (χ1) is 11.0. The molecule has 0 radical (unpaired) electrons. The maximum absolute atomic E-state index is 12.3. The molecule has 0 bridgehead atoms. The van der Waals surface area contributed by atoms with Crippen LogP contribution in [-0.2, 0) is 7.05 Å². The molecule has 0 spiro atoms. The summed E-state index contributed by atoms with van der Waals surface area (Å²) in [6, 6.07) is 2.12. The van der Waals surface area contributed by atoms with Gasteiger partial charge < -0.3 is 10.2 Å². The molecule has 2 aromatic heterocycles. The highest BCUT2D eigenvalue weighted by Crippen LogP contribution is 2.19. The first kappa shape index (κ1) is 15.5. The van der Waals surface area contributed by atoms with E-state index in [4.69, 9.17) is 0 Å². The summed E-state index contributed by atoms with van der Waals surface area (Å²) in [6.07, 6.45) is 5.33. The van der Waals surface area contributed by atoms with Crippen molar-refractivity contribution in [2.45, 2.75) is 32.7 Å². The zero-order valence-corrected chi connectivity index (χ0v) is 13.8. The van der Waals surface area contributed by atoms with Crippen molar-refractivity contribution in [3.8, 4) is 0 Å². The zero-order valence-electron chi connectivity index (χ0n) is 13.8. The molecule has 3 rings (SSSR count). The van der Waals surface area contributed by atoms with Crippen molar-refractivity contribution in [2.75, 3.05) is 18.0 Å². The van der Waals surface area contributed by atoms with Gasteiger partial charge in [0, 0.05) is 44.1 Å². The Balaban J connectivity index is 1.67. The summed E-state index contributed by atoms with van der Waals surface area (Å²) in [5, 5.41) is 7.14. The minimum absolute atomic E-state index is 0.0694. The number of nitrogens with zero attached hydrogens (tertiary/aromatic N) is 5. The Labute approximate surface area is 135 Å². The highest BCUT2D eigenvalue weighted by atomic mass is 16.1. The van der Waals surface area contributed by atoms with Gasteiger partial charge in [-0.05, 0) is 26.7 Å². The van der Waals surface area contributed by atoms with Gasteiger partial charge in [0.1, 0.15) is 11.6 Å². The van der Waals surface area contributed by atoms with E-state index < -0.39 is 0 Å². The molecule has 122 valence electrons. The molecule has 3 heterocycles. The summed E-state index contributed by atoms with van der Waals surface area (Å²) >= 11 is 0. The third kappa shape index (κ3) is 3.67. The smallest absolute Gasteiger partial charge is 0.254 e. The van der Waals surface area contributed by atoms with Crippen LogP contribution >= 0.6 is 0 Å². The molecule has 7 heteroatoms. The van der Waals surface area contributed by atoms with Gasteiger partial charge >= 0.3 is 0 Å². The lowest BCUT2D eigenvalue weighted by molar-refractivity contribution is 0.0933. The van der Waals surface area contributed by atoms with Gasteiger partial charge in [-0.3, -0.25) is 9.48 Å². The first-order valence-corrected chi connectivity index (χ1v) is 7.88. The molecule has 1 unspecified atom stereocenters. The van der Waals surface area contributed by atoms with E-state index in [1.165, 1.54) is 0 Å². The minimum atomic E-state index is -0.0694. The maximum atomic E-state index is 12.3. The lowest BCUT2D eigenvalue weighted by atomic mass is 10.1. The number of amides is 1. The van der Waals surface area contributed by atoms with E-state index in [1.54, 1.807) is 24.1 Å². The van der Waals surface area contributed by atoms with Gasteiger partial charge in [-0.25, -0.2) is 9.97 Å². The lowest BCUT2D eigenvalue weighted by Gasteiger charge is -2.34. The second kappa shape index (κ2) is 6.36. The molecule has 23 heavy (non-hydrogen) atoms. The Morgan fingerprint density at radius 3 is 2.87 bits per heavy atom. The number of aromatic nitrogens is 4. The second-order valence-corrected chi connectivity index (χ2v) is 6.08. The van der Waals surface area contributed by atoms with E-state index in [2.05, 4.69) is 25.3 Å². The van der Waals surface area contributed by atoms with E-state index in [1.807, 2.05) is 19.9 Å². The third-order valence-corrected chi connectivity index (χ3v) is 4.00. The molecule has 1 aliphatic heterocycles. The number of aryl methyl sites for hydroxylation is 3. The van der Waals surface area contributed by atoms with Crippen LogP contribution in [0.15, 0.2) is 18.5 Å². The Bertz CT molecular complexity index is 690. The second-order valence-electron chi connectivity index (χ2n) is 6.08. The Hall–Kier alpha value is -2.44. The first-order valence-electron chi connectivity index (χ1n) is 7.88. The summed E-state index contributed by atoms with van der Waals surface area (Å²) in [5.41, 5.74) is 1.56. The molecule has 1 atom stereocenters. The normalized spacial score (nSPS) is 18.0. The van der Waals surface area contributed by atoms with Crippen molar-refractivity contribution >= 4 is 11.7 Å². The van der Waals surface area contributed by atoms with Crippen LogP contribution in [-0.4, -0.2) is 44.8 Å². The fourth-order valence-corrected chi connectivity index (χ4v) is 2.97. The quantitative estimate of drug-likeness (QED) is 0.922. The van der Waals surface area contributed by atoms with Crippen molar-refractivity contribution in [2.24, 2.45) is 7.05 Å². The van der Waals surface area contributed by atoms with Crippen LogP contribution < -0.4 is 10.2 Å². The van der Waals surface area contributed by atoms with Gasteiger partial charge in [-0.1, -0.05) is 0 Å². The van der Waals surface area contributed by atoms with Crippen LogP contribution in [0.5, 0.6) is 0 Å². The standard InChI is InChI=1S/C16H22N6O/c1-11-7-15(19-12(2)18-11)22-6-4-5-14(10-22)20-16(23)13-8-17-21(3)9-13/h7-9,14H,4-6,10H2,1-3H3,(H,20,23). The number of nitrogens with one attached hydrogen (secondary N) is 1. The predicted octanol–water partition coefficient (Wildman–Crippen LogP) is 1.23. The topological polar surface area (TPSA) is 75.9 Å². The monoisotopic (exact) mass is 314 g/mol. The van der Waals surface area contributed by atoms with Gasteiger partial charge in [0.05, 0.1) is 11.8 Å². The zero-order chi connectivity index (χ0) is 16.4. The highest BCUT2D eigenvalue weighted by Gasteiger charge is 2.23. The van der Waals surface area contributed by atoms with Gasteiger partial charge in [0.2, 0.25) is 0 Å². The summed E-state index contributed by atoms with van der Waals surface area (Å²) in [4.78, 5) is 23.3. The molecule has 0 aromatic carbocycles. The number of hydrogen-bond donors (Lipinski definition) is 1. The molecule has 1 fully saturated rings. The molecular formula is C16H22N6O. The van der Waals surface area contributed by atoms with Gasteiger partial charge in [0.25, 0.3) is 5.91 Å². The molecule has 1 amide bonds. The van der Waals surface area contributed by atoms with E-state index in [9.17, 15) is 4.79 Å². The molecule has 2 aromatic rings. The molecule has 7 nitrogen and oxygen atoms in total. The van der Waals surface area contributed by atoms with Crippen molar-refractivity contribution in [3.05, 3.63) is 35.5 Å². The number of piperidine rings is 1. The Morgan fingerprint density at radius 2 is 2.17 bits per heavy atom. The van der Waals surface area contributed by atoms with Crippen LogP contribution in [0.4, 0.5) is 5.82 Å². The van der Waals surface area contributed by atoms with Crippen molar-refractivity contribution in [3.63, 3.8) is 0 Å². The van der Waals surface area contributed by atoms with Crippen LogP contribution in [0, 0.1) is 13.8 Å². The molecule has 1 aliphatic rings. The average molecular weight is 314 g/mol. The van der Waals surface area contributed by atoms with E-state index >= 15 is 0 Å².